The van der Waals surface area contributed by atoms with E-state index in [0.717, 1.165) is 0 Å². The maximum Gasteiger partial charge on any atom is 0.303 e. The third-order valence-electron chi connectivity index (χ3n) is 1.80. The number of hydrogen-bond donors (Lipinski definition) is 2. The van der Waals surface area contributed by atoms with Gasteiger partial charge in [0.15, 0.2) is 0 Å². The smallest absolute Gasteiger partial charge is 0.303 e. The topological polar surface area (TPSA) is 66.4 Å². The van der Waals surface area contributed by atoms with Gasteiger partial charge in [-0.2, -0.15) is 0 Å². The van der Waals surface area contributed by atoms with Crippen molar-refractivity contribution >= 4 is 17.6 Å². The van der Waals surface area contributed by atoms with Crippen LogP contribution in [0.25, 0.3) is 0 Å². The van der Waals surface area contributed by atoms with Crippen molar-refractivity contribution in [1.82, 2.24) is 0 Å². The molecule has 0 spiro atoms. The molecule has 1 amide bonds. The number of carboxylic acid groups (broad SMARTS) is 1. The highest BCUT2D eigenvalue weighted by Gasteiger charge is 2.03. The number of amides is 1. The Bertz CT molecular complexity index is 335. The van der Waals surface area contributed by atoms with Crippen molar-refractivity contribution in [2.24, 2.45) is 0 Å². The fourth-order valence-electron chi connectivity index (χ4n) is 1.09. The third-order valence-corrected chi connectivity index (χ3v) is 1.80. The molecular weight excluding hydrogens is 194 g/mol. The first kappa shape index (κ1) is 11.2. The van der Waals surface area contributed by atoms with Crippen LogP contribution in [0.4, 0.5) is 5.69 Å². The van der Waals surface area contributed by atoms with E-state index < -0.39 is 5.97 Å². The first-order valence-corrected chi connectivity index (χ1v) is 4.66. The molecule has 1 aromatic carbocycles. The third kappa shape index (κ3) is 4.81. The highest BCUT2D eigenvalue weighted by atomic mass is 16.4. The van der Waals surface area contributed by atoms with Crippen LogP contribution in [0.1, 0.15) is 19.3 Å². The molecular formula is C11H12NO3. The van der Waals surface area contributed by atoms with Crippen molar-refractivity contribution in [3.8, 4) is 0 Å². The van der Waals surface area contributed by atoms with E-state index in [-0.39, 0.29) is 18.7 Å². The number of nitrogens with one attached hydrogen (secondary N) is 1. The summed E-state index contributed by atoms with van der Waals surface area (Å²) in [6, 6.07) is 9.70. The lowest BCUT2D eigenvalue weighted by Crippen LogP contribution is -2.11. The summed E-state index contributed by atoms with van der Waals surface area (Å²) >= 11 is 0. The molecule has 0 aliphatic heterocycles. The molecule has 0 saturated heterocycles. The molecule has 2 N–H and O–H groups in total. The van der Waals surface area contributed by atoms with Crippen LogP contribution in [-0.2, 0) is 9.59 Å². The minimum Gasteiger partial charge on any atom is -0.481 e. The van der Waals surface area contributed by atoms with Gasteiger partial charge in [-0.3, -0.25) is 9.59 Å². The molecule has 0 aliphatic rings. The lowest BCUT2D eigenvalue weighted by Gasteiger charge is -2.03. The second kappa shape index (κ2) is 5.80. The van der Waals surface area contributed by atoms with Gasteiger partial charge in [-0.1, -0.05) is 12.1 Å². The van der Waals surface area contributed by atoms with Crippen molar-refractivity contribution in [2.75, 3.05) is 5.32 Å². The van der Waals surface area contributed by atoms with Gasteiger partial charge < -0.3 is 10.4 Å². The minimum atomic E-state index is -0.878. The van der Waals surface area contributed by atoms with Gasteiger partial charge in [-0.25, -0.2) is 0 Å². The summed E-state index contributed by atoms with van der Waals surface area (Å²) in [5, 5.41) is 11.0. The van der Waals surface area contributed by atoms with Crippen LogP contribution in [0.15, 0.2) is 24.3 Å². The zero-order chi connectivity index (χ0) is 11.1. The minimum absolute atomic E-state index is 0.0238. The molecule has 0 atom stereocenters. The van der Waals surface area contributed by atoms with Gasteiger partial charge in [0.25, 0.3) is 0 Å². The van der Waals surface area contributed by atoms with E-state index in [4.69, 9.17) is 5.11 Å². The molecule has 0 aromatic heterocycles. The van der Waals surface area contributed by atoms with Crippen molar-refractivity contribution in [3.05, 3.63) is 30.3 Å². The van der Waals surface area contributed by atoms with Crippen LogP contribution < -0.4 is 5.32 Å². The maximum atomic E-state index is 11.3. The number of aliphatic carboxylic acids is 1. The number of anilines is 1. The van der Waals surface area contributed by atoms with Gasteiger partial charge in [0.05, 0.1) is 0 Å². The molecule has 0 bridgehead atoms. The molecule has 1 aromatic rings. The van der Waals surface area contributed by atoms with Gasteiger partial charge >= 0.3 is 5.97 Å². The molecule has 0 aliphatic carbocycles. The van der Waals surface area contributed by atoms with E-state index in [2.05, 4.69) is 11.4 Å². The first-order chi connectivity index (χ1) is 7.18. The zero-order valence-corrected chi connectivity index (χ0v) is 8.19. The molecule has 4 heteroatoms. The normalized spacial score (nSPS) is 9.60. The van der Waals surface area contributed by atoms with E-state index in [9.17, 15) is 9.59 Å². The highest BCUT2D eigenvalue weighted by Crippen LogP contribution is 2.06. The molecule has 1 rings (SSSR count). The summed E-state index contributed by atoms with van der Waals surface area (Å²) in [6.07, 6.45) is 0.612. The Morgan fingerprint density at radius 2 is 1.93 bits per heavy atom. The monoisotopic (exact) mass is 206 g/mol. The highest BCUT2D eigenvalue weighted by molar-refractivity contribution is 5.90. The summed E-state index contributed by atoms with van der Waals surface area (Å²) in [7, 11) is 0. The lowest BCUT2D eigenvalue weighted by molar-refractivity contribution is -0.137. The van der Waals surface area contributed by atoms with Crippen LogP contribution >= 0.6 is 0 Å². The number of carbonyl (C=O) groups excluding carboxylic acids is 1. The lowest BCUT2D eigenvalue weighted by atomic mass is 10.2. The van der Waals surface area contributed by atoms with Crippen LogP contribution in [0.5, 0.6) is 0 Å². The summed E-state index contributed by atoms with van der Waals surface area (Å²) in [6.45, 7) is 0. The van der Waals surface area contributed by atoms with E-state index in [1.54, 1.807) is 24.3 Å². The maximum absolute atomic E-state index is 11.3. The molecule has 1 radical (unpaired) electrons. The Morgan fingerprint density at radius 3 is 2.53 bits per heavy atom. The van der Waals surface area contributed by atoms with Gasteiger partial charge in [0.1, 0.15) is 0 Å². The van der Waals surface area contributed by atoms with Crippen LogP contribution in [0.2, 0.25) is 0 Å². The zero-order valence-electron chi connectivity index (χ0n) is 8.19. The number of carboxylic acids is 1. The fraction of sp³-hybridized carbons (Fsp3) is 0.273. The average Bonchev–Trinajstić information content (AvgIpc) is 2.18. The molecule has 15 heavy (non-hydrogen) atoms. The Hall–Kier alpha value is -1.84. The number of carbonyl (C=O) groups is 2. The Balaban J connectivity index is 2.28. The van der Waals surface area contributed by atoms with Crippen LogP contribution in [0.3, 0.4) is 0 Å². The van der Waals surface area contributed by atoms with Crippen molar-refractivity contribution in [1.29, 1.82) is 0 Å². The summed E-state index contributed by atoms with van der Waals surface area (Å²) in [5.41, 5.74) is 0.703. The van der Waals surface area contributed by atoms with Crippen LogP contribution in [0, 0.1) is 6.07 Å². The Morgan fingerprint density at radius 1 is 1.27 bits per heavy atom. The van der Waals surface area contributed by atoms with Gasteiger partial charge in [-0.15, -0.1) is 0 Å². The van der Waals surface area contributed by atoms with Gasteiger partial charge in [-0.05, 0) is 24.6 Å². The quantitative estimate of drug-likeness (QED) is 0.770. The van der Waals surface area contributed by atoms with E-state index >= 15 is 0 Å². The molecule has 0 unspecified atom stereocenters. The van der Waals surface area contributed by atoms with Gasteiger partial charge in [0.2, 0.25) is 5.91 Å². The van der Waals surface area contributed by atoms with E-state index in [1.807, 2.05) is 0 Å². The summed E-state index contributed by atoms with van der Waals surface area (Å²) in [5.74, 6) is -1.04. The fourth-order valence-corrected chi connectivity index (χ4v) is 1.09. The summed E-state index contributed by atoms with van der Waals surface area (Å²) in [4.78, 5) is 21.5. The second-order valence-electron chi connectivity index (χ2n) is 3.08. The first-order valence-electron chi connectivity index (χ1n) is 4.66. The number of rotatable bonds is 5. The predicted octanol–water partition coefficient (Wildman–Crippen LogP) is 1.68. The van der Waals surface area contributed by atoms with Crippen molar-refractivity contribution < 1.29 is 14.7 Å². The number of benzene rings is 1. The molecule has 0 fully saturated rings. The van der Waals surface area contributed by atoms with E-state index in [1.165, 1.54) is 0 Å². The average molecular weight is 206 g/mol. The van der Waals surface area contributed by atoms with Crippen molar-refractivity contribution in [3.63, 3.8) is 0 Å². The van der Waals surface area contributed by atoms with Crippen LogP contribution in [-0.4, -0.2) is 17.0 Å². The summed E-state index contributed by atoms with van der Waals surface area (Å²) < 4.78 is 0. The standard InChI is InChI=1S/C11H12NO3/c13-10(7-4-8-11(14)15)12-9-5-2-1-3-6-9/h2-3,5-6H,4,7-8H2,(H,12,13)(H,14,15). The SMILES string of the molecule is O=C(O)CCCC(=O)Nc1cc[c]cc1. The molecule has 79 valence electrons. The van der Waals surface area contributed by atoms with E-state index in [0.29, 0.717) is 12.1 Å². The Labute approximate surface area is 87.9 Å². The van der Waals surface area contributed by atoms with Crippen molar-refractivity contribution in [2.45, 2.75) is 19.3 Å². The molecule has 4 nitrogen and oxygen atoms in total. The molecule has 0 saturated carbocycles. The molecule has 0 heterocycles. The largest absolute Gasteiger partial charge is 0.481 e. The Kier molecular flexibility index (Phi) is 4.34. The second-order valence-corrected chi connectivity index (χ2v) is 3.08. The predicted molar refractivity (Wildman–Crippen MR) is 55.4 cm³/mol. The van der Waals surface area contributed by atoms with Gasteiger partial charge in [0, 0.05) is 18.5 Å². The number of hydrogen-bond acceptors (Lipinski definition) is 2.